The number of ether oxygens (including phenoxy) is 1. The Morgan fingerprint density at radius 2 is 1.59 bits per heavy atom. The average molecular weight is 397 g/mol. The predicted molar refractivity (Wildman–Crippen MR) is 116 cm³/mol. The lowest BCUT2D eigenvalue weighted by Crippen LogP contribution is -2.40. The molecule has 0 radical (unpaired) electrons. The molecular formula is C24H32N2O3. The van der Waals surface area contributed by atoms with E-state index in [1.807, 2.05) is 73.3 Å². The van der Waals surface area contributed by atoms with E-state index in [0.29, 0.717) is 26.1 Å². The number of hydrogen-bond acceptors (Lipinski definition) is 3. The molecular weight excluding hydrogens is 364 g/mol. The Hall–Kier alpha value is -2.82. The highest BCUT2D eigenvalue weighted by atomic mass is 16.5. The van der Waals surface area contributed by atoms with Gasteiger partial charge >= 0.3 is 0 Å². The minimum Gasteiger partial charge on any atom is -0.497 e. The van der Waals surface area contributed by atoms with Gasteiger partial charge in [0.05, 0.1) is 7.11 Å². The maximum Gasteiger partial charge on any atom is 0.224 e. The monoisotopic (exact) mass is 396 g/mol. The Bertz CT molecular complexity index is 772. The number of benzene rings is 2. The molecule has 2 aromatic rings. The summed E-state index contributed by atoms with van der Waals surface area (Å²) in [4.78, 5) is 28.5. The highest BCUT2D eigenvalue weighted by Gasteiger charge is 2.19. The smallest absolute Gasteiger partial charge is 0.224 e. The van der Waals surface area contributed by atoms with Gasteiger partial charge in [0.2, 0.25) is 11.8 Å². The van der Waals surface area contributed by atoms with Crippen LogP contribution in [0, 0.1) is 0 Å². The van der Waals surface area contributed by atoms with Crippen molar-refractivity contribution in [1.82, 2.24) is 9.80 Å². The quantitative estimate of drug-likeness (QED) is 0.612. The van der Waals surface area contributed by atoms with Gasteiger partial charge in [0, 0.05) is 39.0 Å². The second-order valence-electron chi connectivity index (χ2n) is 7.46. The minimum atomic E-state index is -0.00883. The Labute approximate surface area is 174 Å². The third-order valence-corrected chi connectivity index (χ3v) is 5.01. The van der Waals surface area contributed by atoms with E-state index in [4.69, 9.17) is 4.74 Å². The molecule has 0 aliphatic heterocycles. The molecule has 0 aliphatic rings. The largest absolute Gasteiger partial charge is 0.497 e. The van der Waals surface area contributed by atoms with Crippen LogP contribution in [0.15, 0.2) is 54.6 Å². The number of amides is 2. The molecule has 0 spiro atoms. The first kappa shape index (κ1) is 22.5. The first-order chi connectivity index (χ1) is 13.9. The Morgan fingerprint density at radius 1 is 0.931 bits per heavy atom. The van der Waals surface area contributed by atoms with Gasteiger partial charge in [0.15, 0.2) is 0 Å². The van der Waals surface area contributed by atoms with E-state index in [1.54, 1.807) is 18.9 Å². The van der Waals surface area contributed by atoms with Crippen LogP contribution in [0.2, 0.25) is 0 Å². The van der Waals surface area contributed by atoms with Gasteiger partial charge in [-0.3, -0.25) is 9.59 Å². The van der Waals surface area contributed by atoms with Crippen LogP contribution in [-0.4, -0.2) is 47.9 Å². The van der Waals surface area contributed by atoms with Crippen LogP contribution in [0.4, 0.5) is 0 Å². The molecule has 29 heavy (non-hydrogen) atoms. The van der Waals surface area contributed by atoms with Crippen molar-refractivity contribution >= 4 is 11.8 Å². The van der Waals surface area contributed by atoms with E-state index < -0.39 is 0 Å². The van der Waals surface area contributed by atoms with Crippen LogP contribution >= 0.6 is 0 Å². The molecule has 5 nitrogen and oxygen atoms in total. The number of carbonyl (C=O) groups is 2. The summed E-state index contributed by atoms with van der Waals surface area (Å²) in [6.45, 7) is 7.21. The van der Waals surface area contributed by atoms with E-state index >= 15 is 0 Å². The van der Waals surface area contributed by atoms with Crippen molar-refractivity contribution in [2.45, 2.75) is 46.2 Å². The van der Waals surface area contributed by atoms with Gasteiger partial charge in [-0.25, -0.2) is 0 Å². The van der Waals surface area contributed by atoms with Crippen molar-refractivity contribution in [3.63, 3.8) is 0 Å². The molecule has 0 saturated carbocycles. The molecule has 0 fully saturated rings. The summed E-state index contributed by atoms with van der Waals surface area (Å²) in [5, 5.41) is 0. The standard InChI is InChI=1S/C24H32N2O3/c1-19(2)26(18-22-8-6-5-7-9-22)24(28)15-17-25(20(3)27)16-14-21-10-12-23(29-4)13-11-21/h5-13,19H,14-18H2,1-4H3. The molecule has 0 N–H and O–H groups in total. The number of nitrogens with zero attached hydrogens (tertiary/aromatic N) is 2. The van der Waals surface area contributed by atoms with Crippen LogP contribution in [0.1, 0.15) is 38.3 Å². The molecule has 2 amide bonds. The van der Waals surface area contributed by atoms with Gasteiger partial charge in [-0.15, -0.1) is 0 Å². The summed E-state index contributed by atoms with van der Waals surface area (Å²) in [6, 6.07) is 17.9. The maximum atomic E-state index is 12.8. The zero-order valence-electron chi connectivity index (χ0n) is 17.9. The zero-order chi connectivity index (χ0) is 21.2. The summed E-state index contributed by atoms with van der Waals surface area (Å²) in [5.74, 6) is 0.875. The molecule has 2 rings (SSSR count). The summed E-state index contributed by atoms with van der Waals surface area (Å²) in [7, 11) is 1.64. The summed E-state index contributed by atoms with van der Waals surface area (Å²) in [5.41, 5.74) is 2.24. The average Bonchev–Trinajstić information content (AvgIpc) is 2.72. The van der Waals surface area contributed by atoms with E-state index in [-0.39, 0.29) is 17.9 Å². The van der Waals surface area contributed by atoms with E-state index in [9.17, 15) is 9.59 Å². The topological polar surface area (TPSA) is 49.9 Å². The van der Waals surface area contributed by atoms with Crippen molar-refractivity contribution in [2.75, 3.05) is 20.2 Å². The lowest BCUT2D eigenvalue weighted by atomic mass is 10.1. The molecule has 5 heteroatoms. The SMILES string of the molecule is COc1ccc(CCN(CCC(=O)N(Cc2ccccc2)C(C)C)C(C)=O)cc1. The molecule has 0 saturated heterocycles. The molecule has 0 aromatic heterocycles. The third-order valence-electron chi connectivity index (χ3n) is 5.01. The Morgan fingerprint density at radius 3 is 2.14 bits per heavy atom. The van der Waals surface area contributed by atoms with Gasteiger partial charge < -0.3 is 14.5 Å². The third kappa shape index (κ3) is 7.26. The molecule has 0 atom stereocenters. The van der Waals surface area contributed by atoms with Crippen LogP contribution in [0.3, 0.4) is 0 Å². The molecule has 0 heterocycles. The summed E-state index contributed by atoms with van der Waals surface area (Å²) in [6.07, 6.45) is 1.07. The molecule has 0 bridgehead atoms. The van der Waals surface area contributed by atoms with Gasteiger partial charge in [-0.1, -0.05) is 42.5 Å². The minimum absolute atomic E-state index is 0.00883. The van der Waals surface area contributed by atoms with Gasteiger partial charge in [-0.05, 0) is 43.5 Å². The van der Waals surface area contributed by atoms with Crippen molar-refractivity contribution in [3.05, 3.63) is 65.7 Å². The first-order valence-corrected chi connectivity index (χ1v) is 10.1. The molecule has 2 aromatic carbocycles. The summed E-state index contributed by atoms with van der Waals surface area (Å²) < 4.78 is 5.18. The molecule has 0 unspecified atom stereocenters. The zero-order valence-corrected chi connectivity index (χ0v) is 17.9. The van der Waals surface area contributed by atoms with E-state index in [0.717, 1.165) is 23.3 Å². The number of rotatable bonds is 10. The summed E-state index contributed by atoms with van der Waals surface area (Å²) >= 11 is 0. The number of methoxy groups -OCH3 is 1. The fraction of sp³-hybridized carbons (Fsp3) is 0.417. The van der Waals surface area contributed by atoms with Crippen LogP contribution in [0.5, 0.6) is 5.75 Å². The number of carbonyl (C=O) groups excluding carboxylic acids is 2. The van der Waals surface area contributed by atoms with Gasteiger partial charge in [-0.2, -0.15) is 0 Å². The van der Waals surface area contributed by atoms with E-state index in [1.165, 1.54) is 0 Å². The molecule has 156 valence electrons. The normalized spacial score (nSPS) is 10.7. The van der Waals surface area contributed by atoms with Crippen molar-refractivity contribution in [3.8, 4) is 5.75 Å². The van der Waals surface area contributed by atoms with Crippen molar-refractivity contribution in [1.29, 1.82) is 0 Å². The highest BCUT2D eigenvalue weighted by molar-refractivity contribution is 5.78. The van der Waals surface area contributed by atoms with Gasteiger partial charge in [0.1, 0.15) is 5.75 Å². The van der Waals surface area contributed by atoms with Crippen molar-refractivity contribution in [2.24, 2.45) is 0 Å². The first-order valence-electron chi connectivity index (χ1n) is 10.1. The highest BCUT2D eigenvalue weighted by Crippen LogP contribution is 2.13. The molecule has 0 aliphatic carbocycles. The lowest BCUT2D eigenvalue weighted by Gasteiger charge is -2.28. The van der Waals surface area contributed by atoms with Crippen LogP contribution in [-0.2, 0) is 22.6 Å². The fourth-order valence-electron chi connectivity index (χ4n) is 3.20. The lowest BCUT2D eigenvalue weighted by molar-refractivity contribution is -0.135. The Balaban J connectivity index is 1.91. The maximum absolute atomic E-state index is 12.8. The van der Waals surface area contributed by atoms with Crippen LogP contribution < -0.4 is 4.74 Å². The Kier molecular flexibility index (Phi) is 8.71. The second kappa shape index (κ2) is 11.2. The second-order valence-corrected chi connectivity index (χ2v) is 7.46. The van der Waals surface area contributed by atoms with Crippen LogP contribution in [0.25, 0.3) is 0 Å². The van der Waals surface area contributed by atoms with Crippen molar-refractivity contribution < 1.29 is 14.3 Å². The van der Waals surface area contributed by atoms with E-state index in [2.05, 4.69) is 0 Å². The van der Waals surface area contributed by atoms with Gasteiger partial charge in [0.25, 0.3) is 0 Å². The number of hydrogen-bond donors (Lipinski definition) is 0. The predicted octanol–water partition coefficient (Wildman–Crippen LogP) is 3.91. The fourth-order valence-corrected chi connectivity index (χ4v) is 3.20.